The summed E-state index contributed by atoms with van der Waals surface area (Å²) in [6.07, 6.45) is 0. The van der Waals surface area contributed by atoms with E-state index >= 15 is 0 Å². The molecule has 2 aromatic carbocycles. The third kappa shape index (κ3) is 2.74. The molecule has 0 heterocycles. The maximum atomic E-state index is 11.8. The van der Waals surface area contributed by atoms with Crippen LogP contribution in [-0.2, 0) is 0 Å². The molecule has 2 rings (SSSR count). The molecule has 0 fully saturated rings. The van der Waals surface area contributed by atoms with E-state index in [1.165, 1.54) is 12.1 Å². The van der Waals surface area contributed by atoms with E-state index in [1.807, 2.05) is 0 Å². The molecule has 2 aromatic rings. The van der Waals surface area contributed by atoms with Crippen molar-refractivity contribution in [2.24, 2.45) is 0 Å². The van der Waals surface area contributed by atoms with Gasteiger partial charge in [0.1, 0.15) is 0 Å². The number of hydrogen-bond donors (Lipinski definition) is 2. The van der Waals surface area contributed by atoms with Gasteiger partial charge < -0.3 is 10.4 Å². The van der Waals surface area contributed by atoms with Crippen LogP contribution in [0.25, 0.3) is 0 Å². The Hall–Kier alpha value is -2.62. The van der Waals surface area contributed by atoms with Gasteiger partial charge in [0.25, 0.3) is 5.91 Å². The van der Waals surface area contributed by atoms with Crippen LogP contribution in [0.5, 0.6) is 0 Å². The molecule has 0 bridgehead atoms. The lowest BCUT2D eigenvalue weighted by atomic mass is 10.2. The average Bonchev–Trinajstić information content (AvgIpc) is 2.40. The largest absolute Gasteiger partial charge is 0.478 e. The average molecular weight is 240 g/mol. The fraction of sp³-hybridized carbons (Fsp3) is 0. The summed E-state index contributed by atoms with van der Waals surface area (Å²) in [5.41, 5.74) is 1.23. The minimum absolute atomic E-state index is 0.182. The molecular weight excluding hydrogens is 230 g/mol. The molecule has 18 heavy (non-hydrogen) atoms. The first-order valence-electron chi connectivity index (χ1n) is 5.27. The Balaban J connectivity index is 2.10. The van der Waals surface area contributed by atoms with Crippen LogP contribution < -0.4 is 5.32 Å². The molecule has 0 spiro atoms. The van der Waals surface area contributed by atoms with E-state index < -0.39 is 5.97 Å². The second kappa shape index (κ2) is 5.14. The van der Waals surface area contributed by atoms with Crippen LogP contribution >= 0.6 is 0 Å². The number of aromatic carboxylic acids is 1. The molecule has 0 saturated heterocycles. The SMILES string of the molecule is O=C(O)c1ccc(NC(=O)c2c[c]ccc2)cc1. The highest BCUT2D eigenvalue weighted by molar-refractivity contribution is 6.04. The standard InChI is InChI=1S/C14H10NO3/c16-13(10-4-2-1-3-5-10)15-12-8-6-11(7-9-12)14(17)18/h1-2,4-9H,(H,15,16)(H,17,18). The Labute approximate surface area is 104 Å². The van der Waals surface area contributed by atoms with Crippen molar-refractivity contribution in [3.8, 4) is 0 Å². The zero-order chi connectivity index (χ0) is 13.0. The Kier molecular flexibility index (Phi) is 3.38. The molecule has 1 amide bonds. The summed E-state index contributed by atoms with van der Waals surface area (Å²) >= 11 is 0. The number of hydrogen-bond acceptors (Lipinski definition) is 2. The van der Waals surface area contributed by atoms with Crippen molar-refractivity contribution in [2.75, 3.05) is 5.32 Å². The van der Waals surface area contributed by atoms with Crippen LogP contribution in [0.4, 0.5) is 5.69 Å². The first-order valence-corrected chi connectivity index (χ1v) is 5.27. The monoisotopic (exact) mass is 240 g/mol. The van der Waals surface area contributed by atoms with Gasteiger partial charge in [0.05, 0.1) is 5.56 Å². The van der Waals surface area contributed by atoms with Crippen molar-refractivity contribution in [2.45, 2.75) is 0 Å². The molecule has 0 atom stereocenters. The van der Waals surface area contributed by atoms with Gasteiger partial charge in [0, 0.05) is 11.3 Å². The Morgan fingerprint density at radius 3 is 2.33 bits per heavy atom. The van der Waals surface area contributed by atoms with Crippen molar-refractivity contribution in [1.82, 2.24) is 0 Å². The van der Waals surface area contributed by atoms with Gasteiger partial charge in [-0.15, -0.1) is 0 Å². The highest BCUT2D eigenvalue weighted by Crippen LogP contribution is 2.11. The zero-order valence-electron chi connectivity index (χ0n) is 9.38. The highest BCUT2D eigenvalue weighted by Gasteiger charge is 2.06. The molecule has 89 valence electrons. The lowest BCUT2D eigenvalue weighted by molar-refractivity contribution is 0.0696. The van der Waals surface area contributed by atoms with Crippen LogP contribution in [-0.4, -0.2) is 17.0 Å². The minimum Gasteiger partial charge on any atom is -0.478 e. The quantitative estimate of drug-likeness (QED) is 0.865. The summed E-state index contributed by atoms with van der Waals surface area (Å²) in [6, 6.07) is 15.5. The lowest BCUT2D eigenvalue weighted by Gasteiger charge is -2.05. The Morgan fingerprint density at radius 2 is 1.78 bits per heavy atom. The first-order chi connectivity index (χ1) is 8.66. The van der Waals surface area contributed by atoms with Crippen molar-refractivity contribution < 1.29 is 14.7 Å². The third-order valence-corrected chi connectivity index (χ3v) is 2.36. The lowest BCUT2D eigenvalue weighted by Crippen LogP contribution is -2.11. The van der Waals surface area contributed by atoms with E-state index in [4.69, 9.17) is 5.11 Å². The topological polar surface area (TPSA) is 66.4 Å². The van der Waals surface area contributed by atoms with E-state index in [2.05, 4.69) is 11.4 Å². The van der Waals surface area contributed by atoms with Gasteiger partial charge in [-0.1, -0.05) is 12.1 Å². The number of nitrogens with one attached hydrogen (secondary N) is 1. The summed E-state index contributed by atoms with van der Waals surface area (Å²) < 4.78 is 0. The second-order valence-corrected chi connectivity index (χ2v) is 3.63. The molecule has 2 N–H and O–H groups in total. The fourth-order valence-corrected chi connectivity index (χ4v) is 1.43. The number of carbonyl (C=O) groups excluding carboxylic acids is 1. The maximum Gasteiger partial charge on any atom is 0.335 e. The molecule has 0 saturated carbocycles. The molecular formula is C14H10NO3. The van der Waals surface area contributed by atoms with Crippen molar-refractivity contribution in [3.63, 3.8) is 0 Å². The molecule has 0 unspecified atom stereocenters. The van der Waals surface area contributed by atoms with Crippen LogP contribution in [0.15, 0.2) is 48.5 Å². The van der Waals surface area contributed by atoms with Crippen LogP contribution in [0.1, 0.15) is 20.7 Å². The zero-order valence-corrected chi connectivity index (χ0v) is 9.38. The number of carboxylic acid groups (broad SMARTS) is 1. The van der Waals surface area contributed by atoms with Gasteiger partial charge in [-0.2, -0.15) is 0 Å². The van der Waals surface area contributed by atoms with Crippen molar-refractivity contribution in [1.29, 1.82) is 0 Å². The van der Waals surface area contributed by atoms with E-state index in [-0.39, 0.29) is 11.5 Å². The van der Waals surface area contributed by atoms with Gasteiger partial charge in [0.2, 0.25) is 0 Å². The number of carboxylic acids is 1. The third-order valence-electron chi connectivity index (χ3n) is 2.36. The summed E-state index contributed by atoms with van der Waals surface area (Å²) in [5.74, 6) is -1.25. The first kappa shape index (κ1) is 11.9. The molecule has 0 aromatic heterocycles. The second-order valence-electron chi connectivity index (χ2n) is 3.63. The summed E-state index contributed by atoms with van der Waals surface area (Å²) in [5, 5.41) is 11.4. The normalized spacial score (nSPS) is 9.78. The molecule has 4 heteroatoms. The van der Waals surface area contributed by atoms with E-state index in [9.17, 15) is 9.59 Å². The van der Waals surface area contributed by atoms with Crippen molar-refractivity contribution >= 4 is 17.6 Å². The van der Waals surface area contributed by atoms with Crippen LogP contribution in [0.2, 0.25) is 0 Å². The minimum atomic E-state index is -0.995. The number of amides is 1. The Morgan fingerprint density at radius 1 is 1.06 bits per heavy atom. The van der Waals surface area contributed by atoms with Gasteiger partial charge in [-0.25, -0.2) is 4.79 Å². The van der Waals surface area contributed by atoms with Gasteiger partial charge in [-0.3, -0.25) is 4.79 Å². The smallest absolute Gasteiger partial charge is 0.335 e. The summed E-state index contributed by atoms with van der Waals surface area (Å²) in [7, 11) is 0. The van der Waals surface area contributed by atoms with Crippen molar-refractivity contribution in [3.05, 3.63) is 65.7 Å². The molecule has 0 aliphatic rings. The van der Waals surface area contributed by atoms with Gasteiger partial charge >= 0.3 is 5.97 Å². The van der Waals surface area contributed by atoms with E-state index in [0.29, 0.717) is 11.3 Å². The number of benzene rings is 2. The van der Waals surface area contributed by atoms with E-state index in [0.717, 1.165) is 0 Å². The number of rotatable bonds is 3. The predicted molar refractivity (Wildman–Crippen MR) is 66.6 cm³/mol. The van der Waals surface area contributed by atoms with Crippen LogP contribution in [0, 0.1) is 6.07 Å². The molecule has 0 aliphatic carbocycles. The van der Waals surface area contributed by atoms with Gasteiger partial charge in [-0.05, 0) is 42.5 Å². The summed E-state index contributed by atoms with van der Waals surface area (Å²) in [6.45, 7) is 0. The molecule has 1 radical (unpaired) electrons. The van der Waals surface area contributed by atoms with Crippen LogP contribution in [0.3, 0.4) is 0 Å². The predicted octanol–water partition coefficient (Wildman–Crippen LogP) is 2.44. The molecule has 4 nitrogen and oxygen atoms in total. The van der Waals surface area contributed by atoms with Gasteiger partial charge in [0.15, 0.2) is 0 Å². The number of anilines is 1. The Bertz CT molecular complexity index is 561. The fourth-order valence-electron chi connectivity index (χ4n) is 1.43. The highest BCUT2D eigenvalue weighted by atomic mass is 16.4. The summed E-state index contributed by atoms with van der Waals surface area (Å²) in [4.78, 5) is 22.4. The van der Waals surface area contributed by atoms with E-state index in [1.54, 1.807) is 36.4 Å². The molecule has 0 aliphatic heterocycles. The number of carbonyl (C=O) groups is 2. The maximum absolute atomic E-state index is 11.8.